The molecule has 0 fully saturated rings. The highest BCUT2D eigenvalue weighted by atomic mass is 32.2. The second-order valence-corrected chi connectivity index (χ2v) is 4.74. The van der Waals surface area contributed by atoms with Crippen LogP contribution in [0.4, 0.5) is 0 Å². The fourth-order valence-corrected chi connectivity index (χ4v) is 1.95. The molecule has 0 unspecified atom stereocenters. The van der Waals surface area contributed by atoms with E-state index in [9.17, 15) is 9.59 Å². The third kappa shape index (κ3) is 5.91. The number of carboxylic acids is 1. The molecule has 2 atom stereocenters. The number of rotatable bonds is 7. The Balaban J connectivity index is 4.15. The second-order valence-electron chi connectivity index (χ2n) is 2.92. The summed E-state index contributed by atoms with van der Waals surface area (Å²) in [6.07, 6.45) is 3.62. The van der Waals surface area contributed by atoms with E-state index in [1.807, 2.05) is 6.26 Å². The summed E-state index contributed by atoms with van der Waals surface area (Å²) in [7, 11) is 0. The minimum atomic E-state index is -1.03. The van der Waals surface area contributed by atoms with Gasteiger partial charge in [0.2, 0.25) is 5.91 Å². The molecular formula is C8H16N2O3S2. The lowest BCUT2D eigenvalue weighted by Gasteiger charge is -2.16. The molecule has 4 N–H and O–H groups in total. The fraction of sp³-hybridized carbons (Fsp3) is 0.750. The predicted octanol–water partition coefficient (Wildman–Crippen LogP) is -0.391. The minimum absolute atomic E-state index is 0.340. The van der Waals surface area contributed by atoms with E-state index in [1.54, 1.807) is 6.26 Å². The van der Waals surface area contributed by atoms with Gasteiger partial charge in [0.15, 0.2) is 0 Å². The standard InChI is InChI=1S/C8H16N2O3S2/c1-14-3-5(9)7(11)10-6(4-15-2)8(12)13/h5-6H,3-4,9H2,1-2H3,(H,10,11)(H,12,13)/t5-,6-/m0/s1. The maximum Gasteiger partial charge on any atom is 0.327 e. The first-order valence-corrected chi connectivity index (χ1v) is 7.08. The molecule has 0 saturated carbocycles. The van der Waals surface area contributed by atoms with E-state index in [4.69, 9.17) is 10.8 Å². The van der Waals surface area contributed by atoms with Gasteiger partial charge in [-0.25, -0.2) is 4.79 Å². The Kier molecular flexibility index (Phi) is 7.63. The quantitative estimate of drug-likeness (QED) is 0.571. The van der Waals surface area contributed by atoms with E-state index in [0.29, 0.717) is 11.5 Å². The van der Waals surface area contributed by atoms with Crippen molar-refractivity contribution in [1.29, 1.82) is 0 Å². The Morgan fingerprint density at radius 3 is 2.27 bits per heavy atom. The highest BCUT2D eigenvalue weighted by Gasteiger charge is 2.22. The van der Waals surface area contributed by atoms with Crippen molar-refractivity contribution in [3.63, 3.8) is 0 Å². The van der Waals surface area contributed by atoms with Crippen molar-refractivity contribution in [3.8, 4) is 0 Å². The summed E-state index contributed by atoms with van der Waals surface area (Å²) in [5, 5.41) is 11.2. The van der Waals surface area contributed by atoms with Gasteiger partial charge in [-0.15, -0.1) is 0 Å². The number of hydrogen-bond donors (Lipinski definition) is 3. The SMILES string of the molecule is CSC[C@H](NC(=O)[C@@H](N)CSC)C(=O)O. The number of nitrogens with two attached hydrogens (primary N) is 1. The van der Waals surface area contributed by atoms with Gasteiger partial charge in [0.1, 0.15) is 6.04 Å². The number of carbonyl (C=O) groups is 2. The van der Waals surface area contributed by atoms with E-state index >= 15 is 0 Å². The van der Waals surface area contributed by atoms with Crippen molar-refractivity contribution in [2.24, 2.45) is 5.73 Å². The Labute approximate surface area is 97.5 Å². The molecule has 0 aliphatic heterocycles. The molecule has 0 aromatic heterocycles. The number of amides is 1. The normalized spacial score (nSPS) is 14.3. The molecule has 5 nitrogen and oxygen atoms in total. The molecule has 0 bridgehead atoms. The van der Waals surface area contributed by atoms with Crippen LogP contribution in [0.25, 0.3) is 0 Å². The van der Waals surface area contributed by atoms with Crippen molar-refractivity contribution in [2.45, 2.75) is 12.1 Å². The van der Waals surface area contributed by atoms with Gasteiger partial charge in [0, 0.05) is 11.5 Å². The maximum atomic E-state index is 11.4. The van der Waals surface area contributed by atoms with Crippen LogP contribution < -0.4 is 11.1 Å². The summed E-state index contributed by atoms with van der Waals surface area (Å²) in [6, 6.07) is -1.51. The minimum Gasteiger partial charge on any atom is -0.480 e. The Morgan fingerprint density at radius 2 is 1.87 bits per heavy atom. The molecule has 0 aliphatic carbocycles. The van der Waals surface area contributed by atoms with Crippen molar-refractivity contribution < 1.29 is 14.7 Å². The predicted molar refractivity (Wildman–Crippen MR) is 64.3 cm³/mol. The van der Waals surface area contributed by atoms with Crippen LogP contribution in [-0.4, -0.2) is 53.1 Å². The Bertz CT molecular complexity index is 226. The molecule has 0 aromatic carbocycles. The van der Waals surface area contributed by atoms with Crippen LogP contribution in [0.15, 0.2) is 0 Å². The van der Waals surface area contributed by atoms with E-state index in [0.717, 1.165) is 0 Å². The third-order valence-electron chi connectivity index (χ3n) is 1.63. The van der Waals surface area contributed by atoms with Crippen LogP contribution in [0.3, 0.4) is 0 Å². The van der Waals surface area contributed by atoms with Crippen LogP contribution in [-0.2, 0) is 9.59 Å². The summed E-state index contributed by atoms with van der Waals surface area (Å²) < 4.78 is 0. The second kappa shape index (κ2) is 7.84. The number of hydrogen-bond acceptors (Lipinski definition) is 5. The lowest BCUT2D eigenvalue weighted by atomic mass is 10.3. The average molecular weight is 252 g/mol. The topological polar surface area (TPSA) is 92.4 Å². The van der Waals surface area contributed by atoms with Gasteiger partial charge in [0.25, 0.3) is 0 Å². The van der Waals surface area contributed by atoms with Crippen LogP contribution >= 0.6 is 23.5 Å². The monoisotopic (exact) mass is 252 g/mol. The Hall–Kier alpha value is -0.400. The first-order valence-electron chi connectivity index (χ1n) is 4.29. The van der Waals surface area contributed by atoms with Crippen molar-refractivity contribution >= 4 is 35.4 Å². The van der Waals surface area contributed by atoms with Crippen LogP contribution in [0, 0.1) is 0 Å². The zero-order chi connectivity index (χ0) is 11.8. The van der Waals surface area contributed by atoms with Gasteiger partial charge < -0.3 is 16.2 Å². The number of carboxylic acid groups (broad SMARTS) is 1. The van der Waals surface area contributed by atoms with Gasteiger partial charge in [-0.2, -0.15) is 23.5 Å². The molecule has 0 aliphatic rings. The molecule has 15 heavy (non-hydrogen) atoms. The first kappa shape index (κ1) is 14.6. The smallest absolute Gasteiger partial charge is 0.327 e. The zero-order valence-corrected chi connectivity index (χ0v) is 10.4. The summed E-state index contributed by atoms with van der Waals surface area (Å²) in [4.78, 5) is 22.1. The molecule has 0 aromatic rings. The molecule has 0 heterocycles. The van der Waals surface area contributed by atoms with Crippen molar-refractivity contribution in [1.82, 2.24) is 5.32 Å². The third-order valence-corrected chi connectivity index (χ3v) is 2.99. The van der Waals surface area contributed by atoms with Gasteiger partial charge >= 0.3 is 5.97 Å². The van der Waals surface area contributed by atoms with Crippen LogP contribution in [0.5, 0.6) is 0 Å². The summed E-state index contributed by atoms with van der Waals surface area (Å²) in [5.41, 5.74) is 5.54. The lowest BCUT2D eigenvalue weighted by molar-refractivity contribution is -0.141. The summed E-state index contributed by atoms with van der Waals surface area (Å²) >= 11 is 2.81. The van der Waals surface area contributed by atoms with Gasteiger partial charge in [-0.3, -0.25) is 4.79 Å². The Morgan fingerprint density at radius 1 is 1.33 bits per heavy atom. The molecule has 0 rings (SSSR count). The van der Waals surface area contributed by atoms with E-state index in [2.05, 4.69) is 5.32 Å². The molecule has 0 spiro atoms. The molecule has 0 saturated heterocycles. The van der Waals surface area contributed by atoms with Crippen LogP contribution in [0.2, 0.25) is 0 Å². The van der Waals surface area contributed by atoms with Crippen LogP contribution in [0.1, 0.15) is 0 Å². The van der Waals surface area contributed by atoms with E-state index in [-0.39, 0.29) is 0 Å². The maximum absolute atomic E-state index is 11.4. The molecule has 7 heteroatoms. The molecule has 1 amide bonds. The molecule has 88 valence electrons. The van der Waals surface area contributed by atoms with E-state index in [1.165, 1.54) is 23.5 Å². The average Bonchev–Trinajstić information content (AvgIpc) is 2.17. The lowest BCUT2D eigenvalue weighted by Crippen LogP contribution is -2.50. The highest BCUT2D eigenvalue weighted by Crippen LogP contribution is 2.00. The molecular weight excluding hydrogens is 236 g/mol. The van der Waals surface area contributed by atoms with Gasteiger partial charge in [0.05, 0.1) is 6.04 Å². The zero-order valence-electron chi connectivity index (χ0n) is 8.73. The number of nitrogens with one attached hydrogen (secondary N) is 1. The van der Waals surface area contributed by atoms with Gasteiger partial charge in [-0.1, -0.05) is 0 Å². The number of thioether (sulfide) groups is 2. The first-order chi connectivity index (χ1) is 7.02. The van der Waals surface area contributed by atoms with Crippen molar-refractivity contribution in [2.75, 3.05) is 24.0 Å². The fourth-order valence-electron chi connectivity index (χ4n) is 0.875. The number of aliphatic carboxylic acids is 1. The summed E-state index contributed by atoms with van der Waals surface area (Å²) in [6.45, 7) is 0. The van der Waals surface area contributed by atoms with E-state index < -0.39 is 24.0 Å². The largest absolute Gasteiger partial charge is 0.480 e. The highest BCUT2D eigenvalue weighted by molar-refractivity contribution is 7.98. The molecule has 0 radical (unpaired) electrons. The van der Waals surface area contributed by atoms with Gasteiger partial charge in [-0.05, 0) is 12.5 Å². The summed E-state index contributed by atoms with van der Waals surface area (Å²) in [5.74, 6) is -0.621. The number of carbonyl (C=O) groups excluding carboxylic acids is 1. The van der Waals surface area contributed by atoms with Crippen molar-refractivity contribution in [3.05, 3.63) is 0 Å².